The van der Waals surface area contributed by atoms with E-state index in [0.29, 0.717) is 0 Å². The van der Waals surface area contributed by atoms with Crippen molar-refractivity contribution in [1.82, 2.24) is 0 Å². The van der Waals surface area contributed by atoms with Gasteiger partial charge in [0.25, 0.3) is 0 Å². The Kier molecular flexibility index (Phi) is 5.20. The van der Waals surface area contributed by atoms with Crippen molar-refractivity contribution in [2.75, 3.05) is 7.11 Å². The summed E-state index contributed by atoms with van der Waals surface area (Å²) in [5.74, 6) is -0.412. The second kappa shape index (κ2) is 5.32. The van der Waals surface area contributed by atoms with Gasteiger partial charge in [0, 0.05) is 0 Å². The second-order valence-electron chi connectivity index (χ2n) is 5.90. The summed E-state index contributed by atoms with van der Waals surface area (Å²) in [6.07, 6.45) is -0.0895. The third-order valence-corrected chi connectivity index (χ3v) is 8.14. The zero-order valence-electron chi connectivity index (χ0n) is 11.9. The van der Waals surface area contributed by atoms with E-state index in [4.69, 9.17) is 9.16 Å². The van der Waals surface area contributed by atoms with Gasteiger partial charge in [-0.25, -0.2) is 0 Å². The Morgan fingerprint density at radius 3 is 1.94 bits per heavy atom. The van der Waals surface area contributed by atoms with Crippen LogP contribution >= 0.6 is 0 Å². The average Bonchev–Trinajstić information content (AvgIpc) is 2.12. The highest BCUT2D eigenvalue weighted by atomic mass is 28.4. The van der Waals surface area contributed by atoms with E-state index in [1.54, 1.807) is 0 Å². The first-order valence-electron chi connectivity index (χ1n) is 5.78. The molecule has 1 unspecified atom stereocenters. The predicted octanol–water partition coefficient (Wildman–Crippen LogP) is 3.21. The molecule has 0 spiro atoms. The molecule has 0 saturated heterocycles. The van der Waals surface area contributed by atoms with Crippen molar-refractivity contribution in [3.63, 3.8) is 0 Å². The molecular formula is C12H26O3Si. The SMILES string of the molecule is COC(=O)C(C)[C@@H](C)O[Si](C)(C)C(C)(C)C. The molecule has 0 aromatic rings. The van der Waals surface area contributed by atoms with E-state index in [2.05, 4.69) is 33.9 Å². The summed E-state index contributed by atoms with van der Waals surface area (Å²) in [5, 5.41) is 0.164. The van der Waals surface area contributed by atoms with E-state index in [1.165, 1.54) is 7.11 Å². The van der Waals surface area contributed by atoms with Crippen molar-refractivity contribution >= 4 is 14.3 Å². The summed E-state index contributed by atoms with van der Waals surface area (Å²) < 4.78 is 10.9. The van der Waals surface area contributed by atoms with Gasteiger partial charge >= 0.3 is 5.97 Å². The van der Waals surface area contributed by atoms with E-state index in [0.717, 1.165) is 0 Å². The van der Waals surface area contributed by atoms with Crippen LogP contribution < -0.4 is 0 Å². The zero-order chi connectivity index (χ0) is 13.1. The third-order valence-electron chi connectivity index (χ3n) is 3.56. The lowest BCUT2D eigenvalue weighted by atomic mass is 10.1. The Morgan fingerprint density at radius 2 is 1.62 bits per heavy atom. The molecule has 0 aliphatic rings. The average molecular weight is 246 g/mol. The molecule has 0 aliphatic carbocycles. The number of carbonyl (C=O) groups is 1. The van der Waals surface area contributed by atoms with Crippen LogP contribution in [0, 0.1) is 5.92 Å². The largest absolute Gasteiger partial charge is 0.469 e. The first kappa shape index (κ1) is 15.6. The lowest BCUT2D eigenvalue weighted by Crippen LogP contribution is -2.45. The molecule has 4 heteroatoms. The summed E-state index contributed by atoms with van der Waals surface area (Å²) in [6, 6.07) is 0. The molecule has 0 amide bonds. The maximum absolute atomic E-state index is 11.4. The maximum atomic E-state index is 11.4. The van der Waals surface area contributed by atoms with Gasteiger partial charge in [-0.1, -0.05) is 20.8 Å². The number of ether oxygens (including phenoxy) is 1. The zero-order valence-corrected chi connectivity index (χ0v) is 12.9. The van der Waals surface area contributed by atoms with E-state index >= 15 is 0 Å². The molecule has 0 heterocycles. The van der Waals surface area contributed by atoms with Gasteiger partial charge in [-0.2, -0.15) is 0 Å². The topological polar surface area (TPSA) is 35.5 Å². The van der Waals surface area contributed by atoms with Crippen LogP contribution in [0.25, 0.3) is 0 Å². The number of hydrogen-bond acceptors (Lipinski definition) is 3. The van der Waals surface area contributed by atoms with Crippen molar-refractivity contribution in [2.24, 2.45) is 5.92 Å². The van der Waals surface area contributed by atoms with Crippen LogP contribution in [0.1, 0.15) is 34.6 Å². The highest BCUT2D eigenvalue weighted by molar-refractivity contribution is 6.74. The van der Waals surface area contributed by atoms with Crippen LogP contribution in [0.4, 0.5) is 0 Å². The first-order chi connectivity index (χ1) is 7.03. The molecule has 0 fully saturated rings. The molecule has 16 heavy (non-hydrogen) atoms. The molecule has 0 rings (SSSR count). The van der Waals surface area contributed by atoms with Crippen LogP contribution in [0.3, 0.4) is 0 Å². The Bertz CT molecular complexity index is 243. The minimum absolute atomic E-state index is 0.0895. The van der Waals surface area contributed by atoms with E-state index < -0.39 is 8.32 Å². The smallest absolute Gasteiger partial charge is 0.310 e. The molecule has 2 atom stereocenters. The van der Waals surface area contributed by atoms with Crippen molar-refractivity contribution in [3.05, 3.63) is 0 Å². The molecule has 3 nitrogen and oxygen atoms in total. The normalized spacial score (nSPS) is 16.8. The van der Waals surface area contributed by atoms with Crippen molar-refractivity contribution in [3.8, 4) is 0 Å². The number of hydrogen-bond donors (Lipinski definition) is 0. The molecule has 0 N–H and O–H groups in total. The Hall–Kier alpha value is -0.353. The Balaban J connectivity index is 4.56. The van der Waals surface area contributed by atoms with Crippen LogP contribution in [-0.4, -0.2) is 27.5 Å². The molecule has 0 aliphatic heterocycles. The van der Waals surface area contributed by atoms with Gasteiger partial charge < -0.3 is 9.16 Å². The molecule has 96 valence electrons. The first-order valence-corrected chi connectivity index (χ1v) is 8.69. The van der Waals surface area contributed by atoms with Gasteiger partial charge in [-0.15, -0.1) is 0 Å². The van der Waals surface area contributed by atoms with Crippen LogP contribution in [-0.2, 0) is 14.0 Å². The number of esters is 1. The molecule has 0 bridgehead atoms. The van der Waals surface area contributed by atoms with Crippen LogP contribution in [0.5, 0.6) is 0 Å². The lowest BCUT2D eigenvalue weighted by molar-refractivity contribution is -0.147. The molecule has 0 saturated carbocycles. The van der Waals surface area contributed by atoms with Gasteiger partial charge in [0.1, 0.15) is 0 Å². The number of methoxy groups -OCH3 is 1. The van der Waals surface area contributed by atoms with Gasteiger partial charge in [0.15, 0.2) is 8.32 Å². The minimum Gasteiger partial charge on any atom is -0.469 e. The van der Waals surface area contributed by atoms with E-state index in [9.17, 15) is 4.79 Å². The van der Waals surface area contributed by atoms with Crippen LogP contribution in [0.15, 0.2) is 0 Å². The predicted molar refractivity (Wildman–Crippen MR) is 68.9 cm³/mol. The Morgan fingerprint density at radius 1 is 1.19 bits per heavy atom. The monoisotopic (exact) mass is 246 g/mol. The van der Waals surface area contributed by atoms with Crippen molar-refractivity contribution in [2.45, 2.75) is 58.9 Å². The lowest BCUT2D eigenvalue weighted by Gasteiger charge is -2.39. The fraction of sp³-hybridized carbons (Fsp3) is 0.917. The van der Waals surface area contributed by atoms with E-state index in [-0.39, 0.29) is 23.0 Å². The molecular weight excluding hydrogens is 220 g/mol. The van der Waals surface area contributed by atoms with Crippen molar-refractivity contribution in [1.29, 1.82) is 0 Å². The number of carbonyl (C=O) groups excluding carboxylic acids is 1. The summed E-state index contributed by atoms with van der Waals surface area (Å²) in [6.45, 7) is 14.7. The second-order valence-corrected chi connectivity index (χ2v) is 10.7. The van der Waals surface area contributed by atoms with E-state index in [1.807, 2.05) is 13.8 Å². The fourth-order valence-corrected chi connectivity index (χ4v) is 2.61. The van der Waals surface area contributed by atoms with Crippen LogP contribution in [0.2, 0.25) is 18.1 Å². The highest BCUT2D eigenvalue weighted by Crippen LogP contribution is 2.38. The summed E-state index contributed by atoms with van der Waals surface area (Å²) in [5.41, 5.74) is 0. The quantitative estimate of drug-likeness (QED) is 0.564. The summed E-state index contributed by atoms with van der Waals surface area (Å²) >= 11 is 0. The summed E-state index contributed by atoms with van der Waals surface area (Å²) in [4.78, 5) is 11.4. The fourth-order valence-electron chi connectivity index (χ4n) is 1.12. The molecule has 0 radical (unpaired) electrons. The van der Waals surface area contributed by atoms with Gasteiger partial charge in [-0.05, 0) is 32.0 Å². The Labute approximate surface area is 101 Å². The van der Waals surface area contributed by atoms with Gasteiger partial charge in [0.05, 0.1) is 19.1 Å². The molecule has 0 aromatic heterocycles. The number of rotatable bonds is 4. The van der Waals surface area contributed by atoms with Crippen molar-refractivity contribution < 1.29 is 14.0 Å². The molecule has 0 aromatic carbocycles. The highest BCUT2D eigenvalue weighted by Gasteiger charge is 2.40. The minimum atomic E-state index is -1.80. The van der Waals surface area contributed by atoms with Gasteiger partial charge in [0.2, 0.25) is 0 Å². The summed E-state index contributed by atoms with van der Waals surface area (Å²) in [7, 11) is -0.383. The van der Waals surface area contributed by atoms with Gasteiger partial charge in [-0.3, -0.25) is 4.79 Å². The maximum Gasteiger partial charge on any atom is 0.310 e. The standard InChI is InChI=1S/C12H26O3Si/c1-9(11(13)14-6)10(2)15-16(7,8)12(3,4)5/h9-10H,1-8H3/t9?,10-/m1/s1. The third kappa shape index (κ3) is 3.90.